The smallest absolute Gasteiger partial charge is 0.147 e. The number of hydrogen-bond acceptors (Lipinski definition) is 3. The van der Waals surface area contributed by atoms with Crippen molar-refractivity contribution in [2.45, 2.75) is 39.3 Å². The highest BCUT2D eigenvalue weighted by Gasteiger charge is 2.24. The molecule has 1 N–H and O–H groups in total. The zero-order valence-corrected chi connectivity index (χ0v) is 11.0. The van der Waals surface area contributed by atoms with E-state index in [4.69, 9.17) is 16.7 Å². The van der Waals surface area contributed by atoms with Crippen molar-refractivity contribution in [3.05, 3.63) is 22.8 Å². The van der Waals surface area contributed by atoms with Crippen LogP contribution >= 0.6 is 11.6 Å². The molecule has 0 unspecified atom stereocenters. The SMILES string of the molecule is CCC(C)(C)N(C)c1ncc(CO)cc1Cl. The first-order valence-corrected chi connectivity index (χ1v) is 5.79. The summed E-state index contributed by atoms with van der Waals surface area (Å²) < 4.78 is 0. The highest BCUT2D eigenvalue weighted by molar-refractivity contribution is 6.33. The average Bonchev–Trinajstić information content (AvgIpc) is 2.28. The van der Waals surface area contributed by atoms with E-state index in [-0.39, 0.29) is 12.1 Å². The number of aromatic nitrogens is 1. The normalized spacial score (nSPS) is 11.6. The number of hydrogen-bond donors (Lipinski definition) is 1. The molecule has 0 spiro atoms. The Balaban J connectivity index is 3.05. The molecule has 0 aliphatic rings. The van der Waals surface area contributed by atoms with E-state index in [1.54, 1.807) is 12.3 Å². The minimum absolute atomic E-state index is 0.0113. The number of aliphatic hydroxyl groups is 1. The van der Waals surface area contributed by atoms with Crippen molar-refractivity contribution in [2.75, 3.05) is 11.9 Å². The molecule has 90 valence electrons. The zero-order valence-electron chi connectivity index (χ0n) is 10.3. The maximum absolute atomic E-state index is 8.99. The van der Waals surface area contributed by atoms with Crippen LogP contribution in [0.1, 0.15) is 32.8 Å². The Morgan fingerprint density at radius 3 is 2.56 bits per heavy atom. The molecule has 0 radical (unpaired) electrons. The number of pyridine rings is 1. The van der Waals surface area contributed by atoms with Gasteiger partial charge in [-0.3, -0.25) is 0 Å². The summed E-state index contributed by atoms with van der Waals surface area (Å²) in [5, 5.41) is 9.56. The van der Waals surface area contributed by atoms with E-state index in [9.17, 15) is 0 Å². The van der Waals surface area contributed by atoms with E-state index in [1.165, 1.54) is 0 Å². The Kier molecular flexibility index (Phi) is 4.16. The molecule has 0 aliphatic carbocycles. The van der Waals surface area contributed by atoms with Crippen molar-refractivity contribution in [3.63, 3.8) is 0 Å². The first kappa shape index (κ1) is 13.3. The Morgan fingerprint density at radius 2 is 2.12 bits per heavy atom. The molecule has 4 heteroatoms. The fraction of sp³-hybridized carbons (Fsp3) is 0.583. The van der Waals surface area contributed by atoms with Gasteiger partial charge in [-0.2, -0.15) is 0 Å². The molecule has 0 saturated carbocycles. The van der Waals surface area contributed by atoms with Gasteiger partial charge in [0.25, 0.3) is 0 Å². The van der Waals surface area contributed by atoms with Gasteiger partial charge < -0.3 is 10.0 Å². The molecule has 3 nitrogen and oxygen atoms in total. The Bertz CT molecular complexity index is 366. The molecule has 0 aromatic carbocycles. The first-order valence-electron chi connectivity index (χ1n) is 5.41. The van der Waals surface area contributed by atoms with Crippen LogP contribution in [0.2, 0.25) is 5.02 Å². The molecule has 0 aliphatic heterocycles. The monoisotopic (exact) mass is 242 g/mol. The minimum atomic E-state index is -0.0338. The second-order valence-corrected chi connectivity index (χ2v) is 4.94. The first-order chi connectivity index (χ1) is 7.42. The highest BCUT2D eigenvalue weighted by Crippen LogP contribution is 2.29. The third kappa shape index (κ3) is 2.66. The van der Waals surface area contributed by atoms with Crippen molar-refractivity contribution >= 4 is 17.4 Å². The van der Waals surface area contributed by atoms with Gasteiger partial charge in [-0.05, 0) is 31.9 Å². The molecule has 0 atom stereocenters. The molecule has 0 fully saturated rings. The molecule has 1 heterocycles. The molecule has 0 bridgehead atoms. The van der Waals surface area contributed by atoms with Gasteiger partial charge in [-0.15, -0.1) is 0 Å². The number of halogens is 1. The van der Waals surface area contributed by atoms with Crippen molar-refractivity contribution < 1.29 is 5.11 Å². The van der Waals surface area contributed by atoms with Crippen LogP contribution in [-0.4, -0.2) is 22.7 Å². The second kappa shape index (κ2) is 5.02. The summed E-state index contributed by atoms with van der Waals surface area (Å²) in [5.74, 6) is 0.755. The average molecular weight is 243 g/mol. The molecule has 1 aromatic heterocycles. The number of aliphatic hydroxyl groups excluding tert-OH is 1. The van der Waals surface area contributed by atoms with Crippen molar-refractivity contribution in [2.24, 2.45) is 0 Å². The van der Waals surface area contributed by atoms with Gasteiger partial charge in [0, 0.05) is 18.8 Å². The fourth-order valence-corrected chi connectivity index (χ4v) is 1.64. The van der Waals surface area contributed by atoms with Crippen LogP contribution in [0.5, 0.6) is 0 Å². The molecule has 1 aromatic rings. The van der Waals surface area contributed by atoms with Crippen LogP contribution in [0.3, 0.4) is 0 Å². The van der Waals surface area contributed by atoms with Crippen LogP contribution in [0.15, 0.2) is 12.3 Å². The van der Waals surface area contributed by atoms with Gasteiger partial charge in [-0.1, -0.05) is 18.5 Å². The van der Waals surface area contributed by atoms with E-state index in [0.717, 1.165) is 17.8 Å². The van der Waals surface area contributed by atoms with Gasteiger partial charge in [-0.25, -0.2) is 4.98 Å². The quantitative estimate of drug-likeness (QED) is 0.882. The predicted molar refractivity (Wildman–Crippen MR) is 67.9 cm³/mol. The second-order valence-electron chi connectivity index (χ2n) is 4.53. The maximum Gasteiger partial charge on any atom is 0.147 e. The summed E-state index contributed by atoms with van der Waals surface area (Å²) in [7, 11) is 1.98. The van der Waals surface area contributed by atoms with Crippen molar-refractivity contribution in [3.8, 4) is 0 Å². The van der Waals surface area contributed by atoms with E-state index in [2.05, 4.69) is 30.7 Å². The molecular formula is C12H19ClN2O. The van der Waals surface area contributed by atoms with Gasteiger partial charge in [0.1, 0.15) is 5.82 Å². The molecule has 0 saturated heterocycles. The number of nitrogens with zero attached hydrogens (tertiary/aromatic N) is 2. The van der Waals surface area contributed by atoms with Crippen LogP contribution < -0.4 is 4.90 Å². The van der Waals surface area contributed by atoms with Crippen LogP contribution in [-0.2, 0) is 6.61 Å². The third-order valence-electron chi connectivity index (χ3n) is 3.15. The van der Waals surface area contributed by atoms with Crippen LogP contribution in [0.4, 0.5) is 5.82 Å². The maximum atomic E-state index is 8.99. The van der Waals surface area contributed by atoms with Gasteiger partial charge >= 0.3 is 0 Å². The fourth-order valence-electron chi connectivity index (χ4n) is 1.33. The van der Waals surface area contributed by atoms with Crippen LogP contribution in [0.25, 0.3) is 0 Å². The summed E-state index contributed by atoms with van der Waals surface area (Å²) >= 11 is 6.15. The van der Waals surface area contributed by atoms with Crippen molar-refractivity contribution in [1.82, 2.24) is 4.98 Å². The lowest BCUT2D eigenvalue weighted by atomic mass is 10.00. The van der Waals surface area contributed by atoms with Gasteiger partial charge in [0.2, 0.25) is 0 Å². The number of rotatable bonds is 4. The topological polar surface area (TPSA) is 36.4 Å². The molecule has 1 rings (SSSR count). The van der Waals surface area contributed by atoms with Gasteiger partial charge in [0.15, 0.2) is 0 Å². The van der Waals surface area contributed by atoms with Crippen molar-refractivity contribution in [1.29, 1.82) is 0 Å². The summed E-state index contributed by atoms with van der Waals surface area (Å²) in [6.45, 7) is 6.39. The Morgan fingerprint density at radius 1 is 1.50 bits per heavy atom. The van der Waals surface area contributed by atoms with Gasteiger partial charge in [0.05, 0.1) is 11.6 Å². The molecular weight excluding hydrogens is 224 g/mol. The summed E-state index contributed by atoms with van der Waals surface area (Å²) in [5.41, 5.74) is 0.744. The van der Waals surface area contributed by atoms with E-state index in [1.807, 2.05) is 7.05 Å². The lowest BCUT2D eigenvalue weighted by Crippen LogP contribution is -2.41. The Labute approximate surface area is 102 Å². The summed E-state index contributed by atoms with van der Waals surface area (Å²) in [4.78, 5) is 6.36. The Hall–Kier alpha value is -0.800. The molecule has 16 heavy (non-hydrogen) atoms. The minimum Gasteiger partial charge on any atom is -0.392 e. The van der Waals surface area contributed by atoms with E-state index >= 15 is 0 Å². The third-order valence-corrected chi connectivity index (χ3v) is 3.43. The van der Waals surface area contributed by atoms with E-state index < -0.39 is 0 Å². The zero-order chi connectivity index (χ0) is 12.3. The summed E-state index contributed by atoms with van der Waals surface area (Å²) in [6.07, 6.45) is 2.66. The standard InChI is InChI=1S/C12H19ClN2O/c1-5-12(2,3)15(4)11-10(13)6-9(8-16)7-14-11/h6-7,16H,5,8H2,1-4H3. The molecule has 0 amide bonds. The summed E-state index contributed by atoms with van der Waals surface area (Å²) in [6, 6.07) is 1.76. The lowest BCUT2D eigenvalue weighted by molar-refractivity contribution is 0.281. The van der Waals surface area contributed by atoms with E-state index in [0.29, 0.717) is 5.02 Å². The predicted octanol–water partition coefficient (Wildman–Crippen LogP) is 2.85. The highest BCUT2D eigenvalue weighted by atomic mass is 35.5. The number of anilines is 1. The van der Waals surface area contributed by atoms with Crippen LogP contribution in [0, 0.1) is 0 Å². The lowest BCUT2D eigenvalue weighted by Gasteiger charge is -2.36. The largest absolute Gasteiger partial charge is 0.392 e.